The summed E-state index contributed by atoms with van der Waals surface area (Å²) in [6, 6.07) is 0. The molecule has 0 aromatic carbocycles. The molecule has 0 atom stereocenters. The van der Waals surface area contributed by atoms with Gasteiger partial charge in [-0.1, -0.05) is 11.6 Å². The molecule has 0 aromatic rings. The Kier molecular flexibility index (Phi) is 2.55. The molecule has 1 aliphatic rings. The molecule has 64 valence electrons. The number of amides is 1. The van der Waals surface area contributed by atoms with Crippen LogP contribution in [0.1, 0.15) is 6.42 Å². The van der Waals surface area contributed by atoms with Crippen molar-refractivity contribution < 1.29 is 9.90 Å². The van der Waals surface area contributed by atoms with E-state index in [1.807, 2.05) is 0 Å². The smallest absolute Gasteiger partial charge is 0.248 e. The van der Waals surface area contributed by atoms with Gasteiger partial charge >= 0.3 is 0 Å². The summed E-state index contributed by atoms with van der Waals surface area (Å²) in [5, 5.41) is 9.49. The van der Waals surface area contributed by atoms with Crippen LogP contribution in [-0.2, 0) is 4.79 Å². The van der Waals surface area contributed by atoms with Crippen molar-refractivity contribution >= 4 is 17.5 Å². The van der Waals surface area contributed by atoms with Crippen molar-refractivity contribution in [3.05, 3.63) is 34.6 Å². The summed E-state index contributed by atoms with van der Waals surface area (Å²) in [5.74, 6) is -0.438. The van der Waals surface area contributed by atoms with E-state index in [1.165, 1.54) is 18.2 Å². The number of carbonyl (C=O) groups is 1. The van der Waals surface area contributed by atoms with E-state index in [4.69, 9.17) is 22.4 Å². The van der Waals surface area contributed by atoms with Crippen molar-refractivity contribution in [3.8, 4) is 0 Å². The molecule has 3 N–H and O–H groups in total. The maximum absolute atomic E-state index is 10.7. The number of allylic oxidation sites excluding steroid dienone is 3. The number of hydrogen-bond acceptors (Lipinski definition) is 2. The molecule has 0 spiro atoms. The van der Waals surface area contributed by atoms with E-state index >= 15 is 0 Å². The molecule has 0 bridgehead atoms. The fourth-order valence-electron chi connectivity index (χ4n) is 0.839. The van der Waals surface area contributed by atoms with Crippen LogP contribution in [0.4, 0.5) is 0 Å². The quantitative estimate of drug-likeness (QED) is 0.648. The molecule has 0 heterocycles. The van der Waals surface area contributed by atoms with Gasteiger partial charge in [0, 0.05) is 17.0 Å². The number of aliphatic hydroxyl groups excluding tert-OH is 1. The van der Waals surface area contributed by atoms with Gasteiger partial charge in [-0.2, -0.15) is 0 Å². The highest BCUT2D eigenvalue weighted by molar-refractivity contribution is 6.30. The molecule has 0 aliphatic heterocycles. The number of primary amides is 1. The standard InChI is InChI=1S/C8H8ClNO2/c9-6-3-5(8(10)12)1-2-7(11)4-6/h1-3,11H,4H2,(H2,10,12). The SMILES string of the molecule is NC(=O)C1=CC=C(O)CC(Cl)=C1. The summed E-state index contributed by atoms with van der Waals surface area (Å²) in [7, 11) is 0. The molecule has 1 amide bonds. The molecular weight excluding hydrogens is 178 g/mol. The van der Waals surface area contributed by atoms with Crippen LogP contribution in [0.3, 0.4) is 0 Å². The monoisotopic (exact) mass is 185 g/mol. The van der Waals surface area contributed by atoms with E-state index in [-0.39, 0.29) is 12.2 Å². The normalized spacial score (nSPS) is 17.2. The number of halogens is 1. The van der Waals surface area contributed by atoms with Gasteiger partial charge in [-0.25, -0.2) is 0 Å². The van der Waals surface area contributed by atoms with Crippen LogP contribution in [-0.4, -0.2) is 11.0 Å². The minimum absolute atomic E-state index is 0.118. The molecule has 0 fully saturated rings. The first-order chi connectivity index (χ1) is 5.59. The van der Waals surface area contributed by atoms with Gasteiger partial charge in [-0.15, -0.1) is 0 Å². The van der Waals surface area contributed by atoms with Gasteiger partial charge in [0.05, 0.1) is 5.76 Å². The first-order valence-electron chi connectivity index (χ1n) is 3.35. The summed E-state index contributed by atoms with van der Waals surface area (Å²) in [4.78, 5) is 10.7. The van der Waals surface area contributed by atoms with Crippen molar-refractivity contribution in [1.82, 2.24) is 0 Å². The van der Waals surface area contributed by atoms with Crippen LogP contribution in [0.2, 0.25) is 0 Å². The molecular formula is C8H8ClNO2. The average Bonchev–Trinajstić information content (AvgIpc) is 2.11. The van der Waals surface area contributed by atoms with E-state index in [0.717, 1.165) is 0 Å². The van der Waals surface area contributed by atoms with Crippen LogP contribution in [0.15, 0.2) is 34.6 Å². The second-order valence-corrected chi connectivity index (χ2v) is 2.90. The van der Waals surface area contributed by atoms with Crippen molar-refractivity contribution in [2.24, 2.45) is 5.73 Å². The Morgan fingerprint density at radius 1 is 1.58 bits per heavy atom. The topological polar surface area (TPSA) is 63.3 Å². The fourth-order valence-corrected chi connectivity index (χ4v) is 1.09. The first-order valence-corrected chi connectivity index (χ1v) is 3.73. The number of aliphatic hydroxyl groups is 1. The third-order valence-electron chi connectivity index (χ3n) is 1.40. The van der Waals surface area contributed by atoms with Crippen LogP contribution < -0.4 is 5.73 Å². The first kappa shape index (κ1) is 8.87. The summed E-state index contributed by atoms with van der Waals surface area (Å²) < 4.78 is 0. The van der Waals surface area contributed by atoms with E-state index in [0.29, 0.717) is 10.6 Å². The third-order valence-corrected chi connectivity index (χ3v) is 1.64. The predicted molar refractivity (Wildman–Crippen MR) is 46.5 cm³/mol. The fraction of sp³-hybridized carbons (Fsp3) is 0.125. The van der Waals surface area contributed by atoms with Gasteiger partial charge in [0.2, 0.25) is 5.91 Å². The highest BCUT2D eigenvalue weighted by Crippen LogP contribution is 2.18. The highest BCUT2D eigenvalue weighted by Gasteiger charge is 2.07. The largest absolute Gasteiger partial charge is 0.512 e. The average molecular weight is 186 g/mol. The van der Waals surface area contributed by atoms with Crippen molar-refractivity contribution in [2.45, 2.75) is 6.42 Å². The Bertz CT molecular complexity index is 302. The van der Waals surface area contributed by atoms with Crippen molar-refractivity contribution in [2.75, 3.05) is 0 Å². The Morgan fingerprint density at radius 2 is 2.25 bits per heavy atom. The zero-order valence-corrected chi connectivity index (χ0v) is 7.01. The Balaban J connectivity index is 3.01. The third kappa shape index (κ3) is 2.13. The van der Waals surface area contributed by atoms with Crippen molar-refractivity contribution in [3.63, 3.8) is 0 Å². The summed E-state index contributed by atoms with van der Waals surface area (Å²) in [6.45, 7) is 0. The molecule has 12 heavy (non-hydrogen) atoms. The molecule has 1 aliphatic carbocycles. The van der Waals surface area contributed by atoms with Crippen LogP contribution in [0, 0.1) is 0 Å². The van der Waals surface area contributed by atoms with Gasteiger partial charge in [-0.3, -0.25) is 4.79 Å². The lowest BCUT2D eigenvalue weighted by Crippen LogP contribution is -2.12. The maximum atomic E-state index is 10.7. The van der Waals surface area contributed by atoms with Gasteiger partial charge < -0.3 is 10.8 Å². The van der Waals surface area contributed by atoms with Gasteiger partial charge in [0.25, 0.3) is 0 Å². The summed E-state index contributed by atoms with van der Waals surface area (Å²) in [5.41, 5.74) is 5.32. The number of nitrogens with two attached hydrogens (primary N) is 1. The molecule has 0 saturated carbocycles. The minimum atomic E-state index is -0.556. The van der Waals surface area contributed by atoms with Crippen LogP contribution in [0.5, 0.6) is 0 Å². The Morgan fingerprint density at radius 3 is 2.83 bits per heavy atom. The zero-order valence-electron chi connectivity index (χ0n) is 6.25. The molecule has 3 nitrogen and oxygen atoms in total. The zero-order chi connectivity index (χ0) is 9.14. The molecule has 0 saturated heterocycles. The van der Waals surface area contributed by atoms with Crippen LogP contribution in [0.25, 0.3) is 0 Å². The van der Waals surface area contributed by atoms with Gasteiger partial charge in [0.15, 0.2) is 0 Å². The van der Waals surface area contributed by atoms with Crippen molar-refractivity contribution in [1.29, 1.82) is 0 Å². The molecule has 0 radical (unpaired) electrons. The molecule has 1 rings (SSSR count). The maximum Gasteiger partial charge on any atom is 0.248 e. The lowest BCUT2D eigenvalue weighted by Gasteiger charge is -1.94. The number of hydrogen-bond donors (Lipinski definition) is 2. The second-order valence-electron chi connectivity index (χ2n) is 2.41. The molecule has 0 aromatic heterocycles. The summed E-state index contributed by atoms with van der Waals surface area (Å²) in [6.07, 6.45) is 4.54. The van der Waals surface area contributed by atoms with E-state index in [9.17, 15) is 4.79 Å². The predicted octanol–water partition coefficient (Wildman–Crippen LogP) is 1.37. The highest BCUT2D eigenvalue weighted by atomic mass is 35.5. The Labute approximate surface area is 74.8 Å². The Hall–Kier alpha value is -1.22. The second kappa shape index (κ2) is 3.45. The van der Waals surface area contributed by atoms with Crippen LogP contribution >= 0.6 is 11.6 Å². The molecule has 4 heteroatoms. The van der Waals surface area contributed by atoms with E-state index < -0.39 is 5.91 Å². The van der Waals surface area contributed by atoms with E-state index in [1.54, 1.807) is 0 Å². The number of rotatable bonds is 1. The van der Waals surface area contributed by atoms with Gasteiger partial charge in [0.1, 0.15) is 0 Å². The molecule has 0 unspecified atom stereocenters. The lowest BCUT2D eigenvalue weighted by molar-refractivity contribution is -0.114. The minimum Gasteiger partial charge on any atom is -0.512 e. The van der Waals surface area contributed by atoms with E-state index in [2.05, 4.69) is 0 Å². The van der Waals surface area contributed by atoms with Gasteiger partial charge in [-0.05, 0) is 18.2 Å². The summed E-state index contributed by atoms with van der Waals surface area (Å²) >= 11 is 5.67. The lowest BCUT2D eigenvalue weighted by atomic mass is 10.2. The number of carbonyl (C=O) groups excluding carboxylic acids is 1.